The minimum absolute atomic E-state index is 0.982. The summed E-state index contributed by atoms with van der Waals surface area (Å²) in [6.07, 6.45) is 1.02. The number of hydrogen-bond donors (Lipinski definition) is 0. The third-order valence-corrected chi connectivity index (χ3v) is 4.22. The second kappa shape index (κ2) is 5.26. The lowest BCUT2D eigenvalue weighted by atomic mass is 10.0. The van der Waals surface area contributed by atoms with Crippen LogP contribution in [0.4, 0.5) is 5.69 Å². The Hall–Kier alpha value is -2.68. The van der Waals surface area contributed by atoms with Crippen molar-refractivity contribution in [1.82, 2.24) is 10.2 Å². The number of likely N-dealkylation sites (N-methyl/N-ethyl adjacent to an activating group) is 1. The van der Waals surface area contributed by atoms with E-state index in [1.54, 1.807) is 0 Å². The summed E-state index contributed by atoms with van der Waals surface area (Å²) in [5, 5.41) is 9.11. The van der Waals surface area contributed by atoms with Crippen molar-refractivity contribution in [2.75, 3.05) is 18.5 Å². The average Bonchev–Trinajstić information content (AvgIpc) is 2.98. The van der Waals surface area contributed by atoms with Gasteiger partial charge in [0.2, 0.25) is 0 Å². The molecule has 1 aliphatic heterocycles. The summed E-state index contributed by atoms with van der Waals surface area (Å²) >= 11 is 0. The predicted octanol–water partition coefficient (Wildman–Crippen LogP) is 3.80. The maximum absolute atomic E-state index is 4.56. The second-order valence-corrected chi connectivity index (χ2v) is 5.63. The Balaban J connectivity index is 1.93. The molecule has 0 fully saturated rings. The van der Waals surface area contributed by atoms with Crippen molar-refractivity contribution in [2.45, 2.75) is 6.42 Å². The summed E-state index contributed by atoms with van der Waals surface area (Å²) in [5.41, 5.74) is 6.79. The van der Waals surface area contributed by atoms with Crippen LogP contribution in [0.3, 0.4) is 0 Å². The number of aromatic nitrogens is 2. The molecule has 0 amide bonds. The molecule has 0 aliphatic carbocycles. The molecule has 0 saturated carbocycles. The van der Waals surface area contributed by atoms with Gasteiger partial charge in [-0.05, 0) is 6.42 Å². The Bertz CT molecular complexity index is 798. The van der Waals surface area contributed by atoms with Gasteiger partial charge in [-0.15, -0.1) is 10.2 Å². The molecule has 3 aromatic rings. The van der Waals surface area contributed by atoms with Crippen molar-refractivity contribution in [3.05, 3.63) is 66.2 Å². The number of rotatable bonds is 2. The van der Waals surface area contributed by atoms with Gasteiger partial charge in [0.1, 0.15) is 5.69 Å². The molecule has 4 rings (SSSR count). The molecular formula is C19H17N3. The lowest BCUT2D eigenvalue weighted by Gasteiger charge is -2.17. The van der Waals surface area contributed by atoms with Gasteiger partial charge in [-0.2, -0.15) is 0 Å². The van der Waals surface area contributed by atoms with Gasteiger partial charge in [0.15, 0.2) is 0 Å². The molecule has 2 heterocycles. The van der Waals surface area contributed by atoms with Crippen molar-refractivity contribution in [1.29, 1.82) is 0 Å². The van der Waals surface area contributed by atoms with E-state index in [0.717, 1.165) is 35.5 Å². The molecule has 0 N–H and O–H groups in total. The van der Waals surface area contributed by atoms with Crippen LogP contribution in [-0.2, 0) is 6.42 Å². The van der Waals surface area contributed by atoms with Crippen LogP contribution in [0.1, 0.15) is 5.56 Å². The molecule has 1 aromatic heterocycles. The summed E-state index contributed by atoms with van der Waals surface area (Å²) in [6.45, 7) is 1.02. The number of hydrogen-bond acceptors (Lipinski definition) is 3. The first-order valence-corrected chi connectivity index (χ1v) is 7.56. The monoisotopic (exact) mass is 287 g/mol. The summed E-state index contributed by atoms with van der Waals surface area (Å²) in [7, 11) is 2.13. The lowest BCUT2D eigenvalue weighted by Crippen LogP contribution is -2.14. The first kappa shape index (κ1) is 13.0. The molecule has 0 bridgehead atoms. The van der Waals surface area contributed by atoms with Crippen LogP contribution in [0.15, 0.2) is 60.7 Å². The zero-order valence-electron chi connectivity index (χ0n) is 12.5. The Morgan fingerprint density at radius 3 is 1.95 bits per heavy atom. The highest BCUT2D eigenvalue weighted by Crippen LogP contribution is 2.39. The van der Waals surface area contributed by atoms with Crippen LogP contribution >= 0.6 is 0 Å². The number of anilines is 1. The minimum Gasteiger partial charge on any atom is -0.372 e. The van der Waals surface area contributed by atoms with Crippen molar-refractivity contribution >= 4 is 5.69 Å². The summed E-state index contributed by atoms with van der Waals surface area (Å²) < 4.78 is 0. The largest absolute Gasteiger partial charge is 0.372 e. The number of fused-ring (bicyclic) bond motifs is 1. The minimum atomic E-state index is 0.982. The summed E-state index contributed by atoms with van der Waals surface area (Å²) in [5.74, 6) is 0. The van der Waals surface area contributed by atoms with Gasteiger partial charge >= 0.3 is 0 Å². The first-order chi connectivity index (χ1) is 10.8. The highest BCUT2D eigenvalue weighted by atomic mass is 15.2. The fraction of sp³-hybridized carbons (Fsp3) is 0.158. The zero-order chi connectivity index (χ0) is 14.9. The molecule has 1 aliphatic rings. The van der Waals surface area contributed by atoms with Crippen LogP contribution in [0.25, 0.3) is 22.5 Å². The standard InChI is InChI=1S/C19H17N3/c1-22-13-12-16-17(14-8-4-2-5-9-14)20-21-18(19(16)22)15-10-6-3-7-11-15/h2-11H,12-13H2,1H3. The van der Waals surface area contributed by atoms with Gasteiger partial charge < -0.3 is 4.90 Å². The van der Waals surface area contributed by atoms with E-state index in [0.29, 0.717) is 0 Å². The van der Waals surface area contributed by atoms with Gasteiger partial charge in [0.05, 0.1) is 11.4 Å². The smallest absolute Gasteiger partial charge is 0.117 e. The van der Waals surface area contributed by atoms with E-state index in [1.165, 1.54) is 11.3 Å². The second-order valence-electron chi connectivity index (χ2n) is 5.63. The average molecular weight is 287 g/mol. The fourth-order valence-corrected chi connectivity index (χ4v) is 3.12. The van der Waals surface area contributed by atoms with Crippen molar-refractivity contribution < 1.29 is 0 Å². The van der Waals surface area contributed by atoms with E-state index in [1.807, 2.05) is 36.4 Å². The molecule has 0 spiro atoms. The highest BCUT2D eigenvalue weighted by molar-refractivity contribution is 5.83. The van der Waals surface area contributed by atoms with E-state index < -0.39 is 0 Å². The molecule has 2 aromatic carbocycles. The molecule has 22 heavy (non-hydrogen) atoms. The Kier molecular flexibility index (Phi) is 3.11. The molecule has 3 nitrogen and oxygen atoms in total. The predicted molar refractivity (Wildman–Crippen MR) is 89.9 cm³/mol. The topological polar surface area (TPSA) is 29.0 Å². The van der Waals surface area contributed by atoms with Crippen molar-refractivity contribution in [3.63, 3.8) is 0 Å². The Morgan fingerprint density at radius 2 is 1.32 bits per heavy atom. The number of benzene rings is 2. The number of nitrogens with zero attached hydrogens (tertiary/aromatic N) is 3. The van der Waals surface area contributed by atoms with E-state index in [9.17, 15) is 0 Å². The third kappa shape index (κ3) is 2.06. The van der Waals surface area contributed by atoms with Gasteiger partial charge in [0.25, 0.3) is 0 Å². The summed E-state index contributed by atoms with van der Waals surface area (Å²) in [6, 6.07) is 20.6. The lowest BCUT2D eigenvalue weighted by molar-refractivity contribution is 0.956. The van der Waals surface area contributed by atoms with E-state index >= 15 is 0 Å². The quantitative estimate of drug-likeness (QED) is 0.718. The van der Waals surface area contributed by atoms with Crippen molar-refractivity contribution in [3.8, 4) is 22.5 Å². The Labute approximate surface area is 130 Å². The van der Waals surface area contributed by atoms with Crippen LogP contribution in [-0.4, -0.2) is 23.8 Å². The molecular weight excluding hydrogens is 270 g/mol. The van der Waals surface area contributed by atoms with E-state index in [4.69, 9.17) is 0 Å². The SMILES string of the molecule is CN1CCc2c(-c3ccccc3)nnc(-c3ccccc3)c21. The maximum atomic E-state index is 4.56. The molecule has 0 unspecified atom stereocenters. The van der Waals surface area contributed by atoms with Gasteiger partial charge in [0, 0.05) is 30.3 Å². The van der Waals surface area contributed by atoms with E-state index in [-0.39, 0.29) is 0 Å². The molecule has 3 heteroatoms. The first-order valence-electron chi connectivity index (χ1n) is 7.56. The molecule has 0 atom stereocenters. The molecule has 0 radical (unpaired) electrons. The fourth-order valence-electron chi connectivity index (χ4n) is 3.12. The molecule has 108 valence electrons. The zero-order valence-corrected chi connectivity index (χ0v) is 12.5. The van der Waals surface area contributed by atoms with Crippen LogP contribution in [0.2, 0.25) is 0 Å². The van der Waals surface area contributed by atoms with E-state index in [2.05, 4.69) is 46.4 Å². The third-order valence-electron chi connectivity index (χ3n) is 4.22. The van der Waals surface area contributed by atoms with Crippen LogP contribution in [0.5, 0.6) is 0 Å². The maximum Gasteiger partial charge on any atom is 0.117 e. The van der Waals surface area contributed by atoms with Gasteiger partial charge in [-0.3, -0.25) is 0 Å². The molecule has 0 saturated heterocycles. The summed E-state index contributed by atoms with van der Waals surface area (Å²) in [4.78, 5) is 2.29. The van der Waals surface area contributed by atoms with Crippen LogP contribution in [0, 0.1) is 0 Å². The normalized spacial score (nSPS) is 13.2. The van der Waals surface area contributed by atoms with Crippen LogP contribution < -0.4 is 4.90 Å². The van der Waals surface area contributed by atoms with Gasteiger partial charge in [-0.1, -0.05) is 60.7 Å². The van der Waals surface area contributed by atoms with Crippen molar-refractivity contribution in [2.24, 2.45) is 0 Å². The highest BCUT2D eigenvalue weighted by Gasteiger charge is 2.26. The Morgan fingerprint density at radius 1 is 0.773 bits per heavy atom. The van der Waals surface area contributed by atoms with Gasteiger partial charge in [-0.25, -0.2) is 0 Å².